The van der Waals surface area contributed by atoms with Gasteiger partial charge in [0.1, 0.15) is 11.6 Å². The molecule has 0 spiro atoms. The van der Waals surface area contributed by atoms with E-state index in [1.54, 1.807) is 12.0 Å². The standard InChI is InChI=1S/C20H24N4O4/c1-27-14-6-4-13(5-7-14)18-22-17-12-24(9-8-16(17)19(25)23-18)20(26)21-11-15-3-2-10-28-15/h4-7,15H,2-3,8-12H2,1H3,(H,21,26)(H,22,23,25). The lowest BCUT2D eigenvalue weighted by atomic mass is 10.1. The number of methoxy groups -OCH3 is 1. The molecule has 0 radical (unpaired) electrons. The van der Waals surface area contributed by atoms with Crippen molar-refractivity contribution in [2.75, 3.05) is 26.8 Å². The van der Waals surface area contributed by atoms with Gasteiger partial charge in [-0.25, -0.2) is 9.78 Å². The molecule has 1 atom stereocenters. The summed E-state index contributed by atoms with van der Waals surface area (Å²) < 4.78 is 10.7. The predicted octanol–water partition coefficient (Wildman–Crippen LogP) is 1.69. The van der Waals surface area contributed by atoms with Crippen LogP contribution in [0.25, 0.3) is 11.4 Å². The van der Waals surface area contributed by atoms with Gasteiger partial charge in [-0.3, -0.25) is 4.79 Å². The fourth-order valence-electron chi connectivity index (χ4n) is 3.62. The highest BCUT2D eigenvalue weighted by molar-refractivity contribution is 5.74. The second-order valence-electron chi connectivity index (χ2n) is 7.06. The zero-order valence-electron chi connectivity index (χ0n) is 15.9. The van der Waals surface area contributed by atoms with E-state index >= 15 is 0 Å². The van der Waals surface area contributed by atoms with Crippen molar-refractivity contribution in [3.63, 3.8) is 0 Å². The summed E-state index contributed by atoms with van der Waals surface area (Å²) in [5.41, 5.74) is 1.95. The van der Waals surface area contributed by atoms with Crippen molar-refractivity contribution in [1.29, 1.82) is 0 Å². The monoisotopic (exact) mass is 384 g/mol. The number of benzene rings is 1. The molecule has 0 bridgehead atoms. The van der Waals surface area contributed by atoms with Crippen molar-refractivity contribution < 1.29 is 14.3 Å². The lowest BCUT2D eigenvalue weighted by Gasteiger charge is -2.28. The number of hydrogen-bond acceptors (Lipinski definition) is 5. The van der Waals surface area contributed by atoms with Gasteiger partial charge < -0.3 is 24.7 Å². The lowest BCUT2D eigenvalue weighted by molar-refractivity contribution is 0.108. The number of hydrogen-bond donors (Lipinski definition) is 2. The molecule has 1 aromatic heterocycles. The molecule has 2 aliphatic rings. The number of aromatic amines is 1. The van der Waals surface area contributed by atoms with Crippen LogP contribution in [0.3, 0.4) is 0 Å². The zero-order chi connectivity index (χ0) is 19.5. The molecule has 8 heteroatoms. The van der Waals surface area contributed by atoms with Crippen LogP contribution in [0.4, 0.5) is 4.79 Å². The van der Waals surface area contributed by atoms with Crippen LogP contribution in [-0.4, -0.2) is 53.8 Å². The Balaban J connectivity index is 1.49. The minimum Gasteiger partial charge on any atom is -0.497 e. The highest BCUT2D eigenvalue weighted by Crippen LogP contribution is 2.21. The molecule has 0 aliphatic carbocycles. The lowest BCUT2D eigenvalue weighted by Crippen LogP contribution is -2.46. The number of nitrogens with one attached hydrogen (secondary N) is 2. The molecule has 2 N–H and O–H groups in total. The molecule has 1 aromatic carbocycles. The normalized spacial score (nSPS) is 18.6. The molecule has 2 amide bonds. The minimum atomic E-state index is -0.144. The molecule has 1 saturated heterocycles. The molecule has 3 heterocycles. The minimum absolute atomic E-state index is 0.101. The van der Waals surface area contributed by atoms with E-state index in [-0.39, 0.29) is 17.7 Å². The maximum absolute atomic E-state index is 12.5. The number of urea groups is 1. The molecular formula is C20H24N4O4. The zero-order valence-corrected chi connectivity index (χ0v) is 15.9. The Morgan fingerprint density at radius 2 is 2.21 bits per heavy atom. The second kappa shape index (κ2) is 8.02. The van der Waals surface area contributed by atoms with Crippen LogP contribution in [0.2, 0.25) is 0 Å². The summed E-state index contributed by atoms with van der Waals surface area (Å²) >= 11 is 0. The fourth-order valence-corrected chi connectivity index (χ4v) is 3.62. The maximum Gasteiger partial charge on any atom is 0.317 e. The van der Waals surface area contributed by atoms with Crippen LogP contribution < -0.4 is 15.6 Å². The van der Waals surface area contributed by atoms with Crippen LogP contribution in [0.15, 0.2) is 29.1 Å². The van der Waals surface area contributed by atoms with Crippen molar-refractivity contribution in [1.82, 2.24) is 20.2 Å². The number of amides is 2. The molecule has 0 saturated carbocycles. The Morgan fingerprint density at radius 1 is 1.39 bits per heavy atom. The Morgan fingerprint density at radius 3 is 2.93 bits per heavy atom. The quantitative estimate of drug-likeness (QED) is 0.836. The van der Waals surface area contributed by atoms with Gasteiger partial charge in [0.05, 0.1) is 25.5 Å². The molecule has 2 aliphatic heterocycles. The summed E-state index contributed by atoms with van der Waals surface area (Å²) in [5.74, 6) is 1.23. The predicted molar refractivity (Wildman–Crippen MR) is 103 cm³/mol. The SMILES string of the molecule is COc1ccc(-c2nc3c(c(=O)[nH]2)CCN(C(=O)NCC2CCCO2)C3)cc1. The summed E-state index contributed by atoms with van der Waals surface area (Å²) in [5, 5.41) is 2.93. The summed E-state index contributed by atoms with van der Waals surface area (Å²) in [6.45, 7) is 2.09. The number of rotatable bonds is 4. The fraction of sp³-hybridized carbons (Fsp3) is 0.450. The second-order valence-corrected chi connectivity index (χ2v) is 7.06. The van der Waals surface area contributed by atoms with Crippen molar-refractivity contribution >= 4 is 6.03 Å². The Labute approximate surface area is 162 Å². The van der Waals surface area contributed by atoms with E-state index in [2.05, 4.69) is 15.3 Å². The summed E-state index contributed by atoms with van der Waals surface area (Å²) in [6, 6.07) is 7.19. The molecule has 28 heavy (non-hydrogen) atoms. The van der Waals surface area contributed by atoms with Crippen molar-refractivity contribution in [2.45, 2.75) is 31.9 Å². The van der Waals surface area contributed by atoms with Gasteiger partial charge >= 0.3 is 6.03 Å². The first-order chi connectivity index (χ1) is 13.6. The largest absolute Gasteiger partial charge is 0.497 e. The molecule has 8 nitrogen and oxygen atoms in total. The average molecular weight is 384 g/mol. The van der Waals surface area contributed by atoms with Crippen LogP contribution in [-0.2, 0) is 17.7 Å². The molecular weight excluding hydrogens is 360 g/mol. The summed E-state index contributed by atoms with van der Waals surface area (Å²) in [4.78, 5) is 34.2. The number of fused-ring (bicyclic) bond motifs is 1. The number of aromatic nitrogens is 2. The van der Waals surface area contributed by atoms with Crippen molar-refractivity contribution in [2.24, 2.45) is 0 Å². The topological polar surface area (TPSA) is 96.5 Å². The van der Waals surface area contributed by atoms with E-state index < -0.39 is 0 Å². The van der Waals surface area contributed by atoms with Gasteiger partial charge in [-0.05, 0) is 43.5 Å². The van der Waals surface area contributed by atoms with Crippen molar-refractivity contribution in [3.8, 4) is 17.1 Å². The highest BCUT2D eigenvalue weighted by atomic mass is 16.5. The molecule has 1 unspecified atom stereocenters. The average Bonchev–Trinajstić information content (AvgIpc) is 3.25. The van der Waals surface area contributed by atoms with Gasteiger partial charge in [-0.1, -0.05) is 0 Å². The van der Waals surface area contributed by atoms with Gasteiger partial charge in [0.25, 0.3) is 5.56 Å². The number of ether oxygens (including phenoxy) is 2. The van der Waals surface area contributed by atoms with Gasteiger partial charge in [-0.15, -0.1) is 0 Å². The van der Waals surface area contributed by atoms with Gasteiger partial charge in [-0.2, -0.15) is 0 Å². The van der Waals surface area contributed by atoms with E-state index in [0.29, 0.717) is 43.1 Å². The molecule has 2 aromatic rings. The third-order valence-corrected chi connectivity index (χ3v) is 5.23. The van der Waals surface area contributed by atoms with Gasteiger partial charge in [0.2, 0.25) is 0 Å². The Hall–Kier alpha value is -2.87. The third-order valence-electron chi connectivity index (χ3n) is 5.23. The Bertz CT molecular complexity index is 903. The van der Waals surface area contributed by atoms with E-state index in [1.165, 1.54) is 0 Å². The van der Waals surface area contributed by atoms with E-state index in [0.717, 1.165) is 30.8 Å². The Kier molecular flexibility index (Phi) is 5.29. The maximum atomic E-state index is 12.5. The number of carbonyl (C=O) groups is 1. The summed E-state index contributed by atoms with van der Waals surface area (Å²) in [7, 11) is 1.60. The van der Waals surface area contributed by atoms with Crippen LogP contribution in [0, 0.1) is 0 Å². The molecule has 148 valence electrons. The number of H-pyrrole nitrogens is 1. The van der Waals surface area contributed by atoms with Gasteiger partial charge in [0, 0.05) is 30.8 Å². The van der Waals surface area contributed by atoms with E-state index in [1.807, 2.05) is 24.3 Å². The van der Waals surface area contributed by atoms with Crippen LogP contribution >= 0.6 is 0 Å². The van der Waals surface area contributed by atoms with Crippen molar-refractivity contribution in [3.05, 3.63) is 45.9 Å². The molecule has 1 fully saturated rings. The van der Waals surface area contributed by atoms with Crippen LogP contribution in [0.1, 0.15) is 24.1 Å². The first-order valence-electron chi connectivity index (χ1n) is 9.55. The summed E-state index contributed by atoms with van der Waals surface area (Å²) in [6.07, 6.45) is 2.61. The van der Waals surface area contributed by atoms with Crippen LogP contribution in [0.5, 0.6) is 5.75 Å². The van der Waals surface area contributed by atoms with E-state index in [9.17, 15) is 9.59 Å². The first kappa shape index (κ1) is 18.5. The van der Waals surface area contributed by atoms with E-state index in [4.69, 9.17) is 9.47 Å². The number of nitrogens with zero attached hydrogens (tertiary/aromatic N) is 2. The van der Waals surface area contributed by atoms with Gasteiger partial charge in [0.15, 0.2) is 0 Å². The smallest absolute Gasteiger partial charge is 0.317 e. The third kappa shape index (κ3) is 3.87. The first-order valence-corrected chi connectivity index (χ1v) is 9.55. The highest BCUT2D eigenvalue weighted by Gasteiger charge is 2.25. The molecule has 4 rings (SSSR count). The number of carbonyl (C=O) groups excluding carboxylic acids is 1.